The topological polar surface area (TPSA) is 79.8 Å². The van der Waals surface area contributed by atoms with Crippen LogP contribution in [0.5, 0.6) is 0 Å². The van der Waals surface area contributed by atoms with Crippen molar-refractivity contribution in [3.05, 3.63) is 32.4 Å². The molecule has 0 spiro atoms. The minimum Gasteiger partial charge on any atom is -0.358 e. The van der Waals surface area contributed by atoms with Crippen LogP contribution < -0.4 is 0 Å². The number of halogens is 1. The fraction of sp³-hybridized carbons (Fsp3) is 0.143. The fourth-order valence-electron chi connectivity index (χ4n) is 0.821. The second kappa shape index (κ2) is 3.96. The first-order valence-electron chi connectivity index (χ1n) is 3.31. The van der Waals surface area contributed by atoms with Crippen molar-refractivity contribution in [2.45, 2.75) is 6.42 Å². The van der Waals surface area contributed by atoms with Crippen LogP contribution in [-0.2, 0) is 6.42 Å². The second-order valence-electron chi connectivity index (χ2n) is 2.25. The van der Waals surface area contributed by atoms with E-state index in [4.69, 9.17) is 5.26 Å². The SMILES string of the molecule is N#CCc1cc(Br)nc([N+](=O)[O-])c1. The predicted octanol–water partition coefficient (Wildman–Crippen LogP) is 1.82. The van der Waals surface area contributed by atoms with Gasteiger partial charge in [-0.25, -0.2) is 0 Å². The zero-order valence-corrected chi connectivity index (χ0v) is 7.98. The zero-order chi connectivity index (χ0) is 9.84. The Kier molecular flexibility index (Phi) is 2.93. The Bertz CT molecular complexity index is 386. The molecule has 0 fully saturated rings. The molecule has 5 nitrogen and oxygen atoms in total. The van der Waals surface area contributed by atoms with Crippen molar-refractivity contribution < 1.29 is 4.92 Å². The van der Waals surface area contributed by atoms with Crippen LogP contribution in [0.4, 0.5) is 5.82 Å². The first kappa shape index (κ1) is 9.61. The van der Waals surface area contributed by atoms with Crippen LogP contribution in [0.1, 0.15) is 5.56 Å². The van der Waals surface area contributed by atoms with Gasteiger partial charge in [0.15, 0.2) is 0 Å². The number of nitro groups is 1. The van der Waals surface area contributed by atoms with Crippen LogP contribution in [0.3, 0.4) is 0 Å². The molecule has 0 bridgehead atoms. The molecule has 0 N–H and O–H groups in total. The lowest BCUT2D eigenvalue weighted by molar-refractivity contribution is -0.389. The number of pyridine rings is 1. The van der Waals surface area contributed by atoms with E-state index in [1.54, 1.807) is 6.07 Å². The van der Waals surface area contributed by atoms with E-state index in [1.165, 1.54) is 6.07 Å². The van der Waals surface area contributed by atoms with Gasteiger partial charge in [0.2, 0.25) is 4.60 Å². The van der Waals surface area contributed by atoms with Gasteiger partial charge in [-0.15, -0.1) is 0 Å². The molecule has 0 aliphatic rings. The molecule has 0 aromatic carbocycles. The number of hydrogen-bond acceptors (Lipinski definition) is 4. The van der Waals surface area contributed by atoms with Gasteiger partial charge in [-0.3, -0.25) is 0 Å². The Balaban J connectivity index is 3.12. The molecule has 1 aromatic rings. The number of aromatic nitrogens is 1. The molecule has 1 rings (SSSR count). The maximum absolute atomic E-state index is 10.3. The summed E-state index contributed by atoms with van der Waals surface area (Å²) in [7, 11) is 0. The van der Waals surface area contributed by atoms with E-state index in [-0.39, 0.29) is 12.2 Å². The van der Waals surface area contributed by atoms with E-state index in [2.05, 4.69) is 20.9 Å². The van der Waals surface area contributed by atoms with Gasteiger partial charge in [0.1, 0.15) is 0 Å². The summed E-state index contributed by atoms with van der Waals surface area (Å²) in [5.74, 6) is -0.250. The van der Waals surface area contributed by atoms with E-state index < -0.39 is 4.92 Å². The third kappa shape index (κ3) is 2.49. The van der Waals surface area contributed by atoms with Gasteiger partial charge in [-0.1, -0.05) is 0 Å². The molecule has 0 unspecified atom stereocenters. The predicted molar refractivity (Wildman–Crippen MR) is 47.9 cm³/mol. The molecule has 1 heterocycles. The van der Waals surface area contributed by atoms with Crippen LogP contribution in [0.25, 0.3) is 0 Å². The van der Waals surface area contributed by atoms with Gasteiger partial charge < -0.3 is 10.1 Å². The first-order chi connectivity index (χ1) is 6.13. The Labute approximate surface area is 82.3 Å². The lowest BCUT2D eigenvalue weighted by Gasteiger charge is -1.95. The Morgan fingerprint density at radius 1 is 1.69 bits per heavy atom. The summed E-state index contributed by atoms with van der Waals surface area (Å²) in [6, 6.07) is 4.77. The molecular weight excluding hydrogens is 238 g/mol. The smallest absolute Gasteiger partial charge is 0.358 e. The summed E-state index contributed by atoms with van der Waals surface area (Å²) in [5.41, 5.74) is 0.580. The van der Waals surface area contributed by atoms with Crippen LogP contribution >= 0.6 is 15.9 Å². The maximum Gasteiger partial charge on any atom is 0.364 e. The van der Waals surface area contributed by atoms with Crippen LogP contribution in [0.2, 0.25) is 0 Å². The summed E-state index contributed by atoms with van der Waals surface area (Å²) in [6.07, 6.45) is 0.141. The quantitative estimate of drug-likeness (QED) is 0.450. The van der Waals surface area contributed by atoms with Crippen molar-refractivity contribution in [2.75, 3.05) is 0 Å². The van der Waals surface area contributed by atoms with Crippen molar-refractivity contribution >= 4 is 21.7 Å². The molecule has 0 saturated carbocycles. The largest absolute Gasteiger partial charge is 0.364 e. The summed E-state index contributed by atoms with van der Waals surface area (Å²) in [5, 5.41) is 18.7. The van der Waals surface area contributed by atoms with Crippen molar-refractivity contribution in [3.8, 4) is 6.07 Å². The van der Waals surface area contributed by atoms with Gasteiger partial charge in [-0.2, -0.15) is 5.26 Å². The number of rotatable bonds is 2. The highest BCUT2D eigenvalue weighted by atomic mass is 79.9. The lowest BCUT2D eigenvalue weighted by Crippen LogP contribution is -1.94. The molecule has 1 aromatic heterocycles. The molecule has 0 saturated heterocycles. The second-order valence-corrected chi connectivity index (χ2v) is 3.06. The summed E-state index contributed by atoms with van der Waals surface area (Å²) >= 11 is 3.03. The molecule has 66 valence electrons. The molecule has 0 amide bonds. The average molecular weight is 242 g/mol. The highest BCUT2D eigenvalue weighted by Crippen LogP contribution is 2.16. The van der Waals surface area contributed by atoms with E-state index in [0.717, 1.165) is 0 Å². The van der Waals surface area contributed by atoms with Crippen molar-refractivity contribution in [1.82, 2.24) is 4.98 Å². The normalized spacial score (nSPS) is 9.23. The zero-order valence-electron chi connectivity index (χ0n) is 6.40. The van der Waals surface area contributed by atoms with E-state index >= 15 is 0 Å². The summed E-state index contributed by atoms with van der Waals surface area (Å²) < 4.78 is 0.368. The number of hydrogen-bond donors (Lipinski definition) is 0. The van der Waals surface area contributed by atoms with Gasteiger partial charge >= 0.3 is 5.82 Å². The van der Waals surface area contributed by atoms with E-state index in [9.17, 15) is 10.1 Å². The monoisotopic (exact) mass is 241 g/mol. The Hall–Kier alpha value is -1.48. The van der Waals surface area contributed by atoms with Crippen molar-refractivity contribution in [3.63, 3.8) is 0 Å². The Morgan fingerprint density at radius 2 is 2.38 bits per heavy atom. The molecule has 0 atom stereocenters. The third-order valence-corrected chi connectivity index (χ3v) is 1.72. The van der Waals surface area contributed by atoms with Gasteiger partial charge in [-0.05, 0) is 15.5 Å². The molecule has 6 heteroatoms. The number of nitriles is 1. The summed E-state index contributed by atoms with van der Waals surface area (Å²) in [6.45, 7) is 0. The van der Waals surface area contributed by atoms with Gasteiger partial charge in [0.05, 0.1) is 12.5 Å². The number of nitrogens with zero attached hydrogens (tertiary/aromatic N) is 3. The molecular formula is C7H4BrN3O2. The molecule has 0 radical (unpaired) electrons. The maximum atomic E-state index is 10.3. The van der Waals surface area contributed by atoms with Crippen LogP contribution in [0, 0.1) is 21.4 Å². The average Bonchev–Trinajstić information content (AvgIpc) is 2.03. The third-order valence-electron chi connectivity index (χ3n) is 1.31. The molecule has 0 aliphatic carbocycles. The summed E-state index contributed by atoms with van der Waals surface area (Å²) in [4.78, 5) is 13.4. The van der Waals surface area contributed by atoms with Crippen LogP contribution in [0.15, 0.2) is 16.7 Å². The minimum atomic E-state index is -0.592. The molecule has 0 aliphatic heterocycles. The van der Waals surface area contributed by atoms with Crippen molar-refractivity contribution in [2.24, 2.45) is 0 Å². The van der Waals surface area contributed by atoms with Gasteiger partial charge in [0, 0.05) is 28.1 Å². The van der Waals surface area contributed by atoms with Crippen molar-refractivity contribution in [1.29, 1.82) is 5.26 Å². The van der Waals surface area contributed by atoms with E-state index in [0.29, 0.717) is 10.2 Å². The minimum absolute atomic E-state index is 0.141. The van der Waals surface area contributed by atoms with Crippen LogP contribution in [-0.4, -0.2) is 9.91 Å². The first-order valence-corrected chi connectivity index (χ1v) is 4.10. The standard InChI is InChI=1S/C7H4BrN3O2/c8-6-3-5(1-2-9)4-7(10-6)11(12)13/h3-4H,1H2. The van der Waals surface area contributed by atoms with Gasteiger partial charge in [0.25, 0.3) is 0 Å². The fourth-order valence-corrected chi connectivity index (χ4v) is 1.30. The van der Waals surface area contributed by atoms with E-state index in [1.807, 2.05) is 6.07 Å². The Morgan fingerprint density at radius 3 is 2.92 bits per heavy atom. The lowest BCUT2D eigenvalue weighted by atomic mass is 10.2. The highest BCUT2D eigenvalue weighted by Gasteiger charge is 2.10. The highest BCUT2D eigenvalue weighted by molar-refractivity contribution is 9.10. The molecule has 13 heavy (non-hydrogen) atoms.